The molecular formula is C11H17BrN4O. The van der Waals surface area contributed by atoms with Crippen LogP contribution < -0.4 is 10.6 Å². The molecular weight excluding hydrogens is 284 g/mol. The molecule has 1 atom stereocenters. The lowest BCUT2D eigenvalue weighted by Gasteiger charge is -2.15. The van der Waals surface area contributed by atoms with E-state index in [-0.39, 0.29) is 12.6 Å². The quantitative estimate of drug-likeness (QED) is 0.701. The highest BCUT2D eigenvalue weighted by Gasteiger charge is 2.08. The van der Waals surface area contributed by atoms with Gasteiger partial charge in [0.1, 0.15) is 5.82 Å². The summed E-state index contributed by atoms with van der Waals surface area (Å²) in [5.41, 5.74) is 0. The number of halogens is 1. The molecule has 1 unspecified atom stereocenters. The minimum Gasteiger partial charge on any atom is -0.394 e. The van der Waals surface area contributed by atoms with Gasteiger partial charge in [-0.05, 0) is 29.3 Å². The molecule has 0 aromatic carbocycles. The highest BCUT2D eigenvalue weighted by Crippen LogP contribution is 2.19. The number of aliphatic hydroxyl groups is 1. The third-order valence-electron chi connectivity index (χ3n) is 2.19. The molecule has 0 bridgehead atoms. The summed E-state index contributed by atoms with van der Waals surface area (Å²) in [5.74, 6) is 1.21. The zero-order chi connectivity index (χ0) is 12.7. The van der Waals surface area contributed by atoms with Crippen molar-refractivity contribution in [1.29, 1.82) is 0 Å². The Bertz CT molecular complexity index is 384. The number of aliphatic hydroxyl groups excluding tert-OH is 1. The second-order valence-electron chi connectivity index (χ2n) is 3.47. The van der Waals surface area contributed by atoms with Crippen molar-refractivity contribution >= 4 is 27.7 Å². The van der Waals surface area contributed by atoms with Crippen molar-refractivity contribution in [2.75, 3.05) is 24.3 Å². The molecule has 1 aromatic heterocycles. The zero-order valence-electron chi connectivity index (χ0n) is 9.94. The van der Waals surface area contributed by atoms with Gasteiger partial charge in [-0.3, -0.25) is 0 Å². The minimum atomic E-state index is -0.0721. The standard InChI is InChI=1S/C11H17BrN4O/c1-3-4-5-8(7-17)15-11-14-6-9(12)10(13-2)16-11/h3-4,6,8,17H,5,7H2,1-2H3,(H2,13,14,15,16)/b4-3+. The fraction of sp³-hybridized carbons (Fsp3) is 0.455. The van der Waals surface area contributed by atoms with Gasteiger partial charge in [0.15, 0.2) is 0 Å². The first kappa shape index (κ1) is 13.9. The molecule has 0 aliphatic heterocycles. The molecule has 1 rings (SSSR count). The second kappa shape index (κ2) is 7.24. The summed E-state index contributed by atoms with van der Waals surface area (Å²) in [6, 6.07) is -0.0721. The normalized spacial score (nSPS) is 12.7. The number of aromatic nitrogens is 2. The van der Waals surface area contributed by atoms with Crippen LogP contribution in [0.3, 0.4) is 0 Å². The Morgan fingerprint density at radius 1 is 1.59 bits per heavy atom. The third-order valence-corrected chi connectivity index (χ3v) is 2.77. The lowest BCUT2D eigenvalue weighted by molar-refractivity contribution is 0.274. The third kappa shape index (κ3) is 4.32. The van der Waals surface area contributed by atoms with Gasteiger partial charge in [0.25, 0.3) is 0 Å². The molecule has 5 nitrogen and oxygen atoms in total. The fourth-order valence-corrected chi connectivity index (χ4v) is 1.66. The monoisotopic (exact) mass is 300 g/mol. The molecule has 3 N–H and O–H groups in total. The molecule has 0 amide bonds. The molecule has 0 fully saturated rings. The molecule has 1 heterocycles. The van der Waals surface area contributed by atoms with Gasteiger partial charge >= 0.3 is 0 Å². The maximum Gasteiger partial charge on any atom is 0.224 e. The molecule has 0 radical (unpaired) electrons. The van der Waals surface area contributed by atoms with E-state index in [1.54, 1.807) is 13.2 Å². The average Bonchev–Trinajstić information content (AvgIpc) is 2.36. The van der Waals surface area contributed by atoms with E-state index in [1.165, 1.54) is 0 Å². The van der Waals surface area contributed by atoms with Gasteiger partial charge in [-0.2, -0.15) is 4.98 Å². The first-order valence-corrected chi connectivity index (χ1v) is 6.19. The maximum atomic E-state index is 9.22. The van der Waals surface area contributed by atoms with Gasteiger partial charge in [-0.15, -0.1) is 0 Å². The van der Waals surface area contributed by atoms with Crippen molar-refractivity contribution in [1.82, 2.24) is 9.97 Å². The van der Waals surface area contributed by atoms with E-state index in [0.29, 0.717) is 11.8 Å². The Kier molecular flexibility index (Phi) is 5.93. The Balaban J connectivity index is 2.72. The first-order chi connectivity index (χ1) is 8.21. The van der Waals surface area contributed by atoms with E-state index < -0.39 is 0 Å². The van der Waals surface area contributed by atoms with E-state index >= 15 is 0 Å². The predicted octanol–water partition coefficient (Wildman–Crippen LogP) is 2.02. The number of nitrogens with zero attached hydrogens (tertiary/aromatic N) is 2. The van der Waals surface area contributed by atoms with Gasteiger partial charge in [0, 0.05) is 13.2 Å². The Hall–Kier alpha value is -1.14. The SMILES string of the molecule is C/C=C/CC(CO)Nc1ncc(Br)c(NC)n1. The highest BCUT2D eigenvalue weighted by atomic mass is 79.9. The molecule has 94 valence electrons. The number of hydrogen-bond acceptors (Lipinski definition) is 5. The molecule has 0 aliphatic carbocycles. The van der Waals surface area contributed by atoms with Gasteiger partial charge in [0.2, 0.25) is 5.95 Å². The number of nitrogens with one attached hydrogen (secondary N) is 2. The largest absolute Gasteiger partial charge is 0.394 e. The van der Waals surface area contributed by atoms with E-state index in [9.17, 15) is 5.11 Å². The van der Waals surface area contributed by atoms with Crippen LogP contribution in [0.4, 0.5) is 11.8 Å². The molecule has 6 heteroatoms. The van der Waals surface area contributed by atoms with Crippen LogP contribution in [0.1, 0.15) is 13.3 Å². The predicted molar refractivity (Wildman–Crippen MR) is 73.2 cm³/mol. The number of anilines is 2. The van der Waals surface area contributed by atoms with Crippen LogP contribution in [-0.4, -0.2) is 34.8 Å². The first-order valence-electron chi connectivity index (χ1n) is 5.40. The molecule has 0 spiro atoms. The number of allylic oxidation sites excluding steroid dienone is 1. The number of hydrogen-bond donors (Lipinski definition) is 3. The zero-order valence-corrected chi connectivity index (χ0v) is 11.5. The molecule has 0 aliphatic rings. The van der Waals surface area contributed by atoms with Crippen LogP contribution in [0, 0.1) is 0 Å². The van der Waals surface area contributed by atoms with E-state index in [0.717, 1.165) is 10.9 Å². The van der Waals surface area contributed by atoms with E-state index in [1.807, 2.05) is 19.1 Å². The smallest absolute Gasteiger partial charge is 0.224 e. The van der Waals surface area contributed by atoms with Crippen molar-refractivity contribution in [2.24, 2.45) is 0 Å². The summed E-state index contributed by atoms with van der Waals surface area (Å²) < 4.78 is 0.805. The van der Waals surface area contributed by atoms with Gasteiger partial charge in [-0.25, -0.2) is 4.98 Å². The van der Waals surface area contributed by atoms with Crippen LogP contribution in [-0.2, 0) is 0 Å². The van der Waals surface area contributed by atoms with Crippen molar-refractivity contribution in [3.8, 4) is 0 Å². The fourth-order valence-electron chi connectivity index (χ4n) is 1.27. The van der Waals surface area contributed by atoms with Crippen molar-refractivity contribution in [3.63, 3.8) is 0 Å². The maximum absolute atomic E-state index is 9.22. The van der Waals surface area contributed by atoms with Crippen LogP contribution in [0.5, 0.6) is 0 Å². The summed E-state index contributed by atoms with van der Waals surface area (Å²) >= 11 is 3.34. The summed E-state index contributed by atoms with van der Waals surface area (Å²) in [4.78, 5) is 8.41. The second-order valence-corrected chi connectivity index (χ2v) is 4.32. The molecule has 0 saturated heterocycles. The molecule has 0 saturated carbocycles. The minimum absolute atomic E-state index is 0.0403. The van der Waals surface area contributed by atoms with Gasteiger partial charge in [-0.1, -0.05) is 12.2 Å². The van der Waals surface area contributed by atoms with E-state index in [4.69, 9.17) is 0 Å². The summed E-state index contributed by atoms with van der Waals surface area (Å²) in [6.45, 7) is 1.99. The average molecular weight is 301 g/mol. The topological polar surface area (TPSA) is 70.1 Å². The van der Waals surface area contributed by atoms with Gasteiger partial charge in [0.05, 0.1) is 17.1 Å². The highest BCUT2D eigenvalue weighted by molar-refractivity contribution is 9.10. The summed E-state index contributed by atoms with van der Waals surface area (Å²) in [5, 5.41) is 15.3. The van der Waals surface area contributed by atoms with E-state index in [2.05, 4.69) is 36.5 Å². The Morgan fingerprint density at radius 3 is 2.94 bits per heavy atom. The lowest BCUT2D eigenvalue weighted by Crippen LogP contribution is -2.24. The Morgan fingerprint density at radius 2 is 2.35 bits per heavy atom. The van der Waals surface area contributed by atoms with Crippen LogP contribution >= 0.6 is 15.9 Å². The van der Waals surface area contributed by atoms with Gasteiger partial charge < -0.3 is 15.7 Å². The Labute approximate surface area is 109 Å². The van der Waals surface area contributed by atoms with Crippen molar-refractivity contribution in [3.05, 3.63) is 22.8 Å². The summed E-state index contributed by atoms with van der Waals surface area (Å²) in [6.07, 6.45) is 6.35. The van der Waals surface area contributed by atoms with Crippen LogP contribution in [0.2, 0.25) is 0 Å². The van der Waals surface area contributed by atoms with Crippen LogP contribution in [0.15, 0.2) is 22.8 Å². The lowest BCUT2D eigenvalue weighted by atomic mass is 10.2. The number of rotatable bonds is 6. The molecule has 1 aromatic rings. The molecule has 17 heavy (non-hydrogen) atoms. The van der Waals surface area contributed by atoms with Crippen LogP contribution in [0.25, 0.3) is 0 Å². The summed E-state index contributed by atoms with van der Waals surface area (Å²) in [7, 11) is 1.79. The van der Waals surface area contributed by atoms with Crippen molar-refractivity contribution < 1.29 is 5.11 Å². The van der Waals surface area contributed by atoms with Crippen molar-refractivity contribution in [2.45, 2.75) is 19.4 Å².